The normalized spacial score (nSPS) is 32.0. The molecule has 0 N–H and O–H groups in total. The van der Waals surface area contributed by atoms with E-state index in [0.717, 1.165) is 32.5 Å². The fraction of sp³-hybridized carbons (Fsp3) is 1.00. The second-order valence-corrected chi connectivity index (χ2v) is 6.35. The van der Waals surface area contributed by atoms with Crippen LogP contribution in [-0.4, -0.2) is 54.0 Å². The molecule has 0 aromatic heterocycles. The van der Waals surface area contributed by atoms with E-state index in [-0.39, 0.29) is 12.6 Å². The molecule has 0 spiro atoms. The predicted octanol–water partition coefficient (Wildman–Crippen LogP) is 2.84. The Morgan fingerprint density at radius 3 is 2.17 bits per heavy atom. The molecule has 0 amide bonds. The van der Waals surface area contributed by atoms with Crippen LogP contribution in [0.25, 0.3) is 0 Å². The van der Waals surface area contributed by atoms with Crippen LogP contribution in [0.4, 0.5) is 8.78 Å². The Morgan fingerprint density at radius 2 is 1.67 bits per heavy atom. The second-order valence-electron chi connectivity index (χ2n) is 6.35. The summed E-state index contributed by atoms with van der Waals surface area (Å²) in [5.41, 5.74) is 0. The van der Waals surface area contributed by atoms with Crippen molar-refractivity contribution in [3.05, 3.63) is 0 Å². The van der Waals surface area contributed by atoms with Crippen LogP contribution in [0.2, 0.25) is 0 Å². The van der Waals surface area contributed by atoms with Gasteiger partial charge in [0.25, 0.3) is 5.92 Å². The molecule has 2 fully saturated rings. The lowest BCUT2D eigenvalue weighted by molar-refractivity contribution is -0.136. The molecule has 106 valence electrons. The van der Waals surface area contributed by atoms with E-state index in [9.17, 15) is 8.78 Å². The van der Waals surface area contributed by atoms with Gasteiger partial charge in [-0.25, -0.2) is 8.78 Å². The van der Waals surface area contributed by atoms with Gasteiger partial charge in [0.15, 0.2) is 0 Å². The predicted molar refractivity (Wildman–Crippen MR) is 70.0 cm³/mol. The van der Waals surface area contributed by atoms with E-state index in [0.29, 0.717) is 12.3 Å². The molecule has 0 radical (unpaired) electrons. The lowest BCUT2D eigenvalue weighted by Crippen LogP contribution is -2.60. The van der Waals surface area contributed by atoms with Crippen LogP contribution in [0.15, 0.2) is 0 Å². The average Bonchev–Trinajstić information content (AvgIpc) is 2.29. The fourth-order valence-electron chi connectivity index (χ4n) is 3.19. The summed E-state index contributed by atoms with van der Waals surface area (Å²) in [6.45, 7) is 8.66. The van der Waals surface area contributed by atoms with Crippen molar-refractivity contribution >= 4 is 0 Å². The number of piperidine rings is 2. The van der Waals surface area contributed by atoms with Gasteiger partial charge in [0, 0.05) is 12.6 Å². The van der Waals surface area contributed by atoms with Crippen molar-refractivity contribution in [2.24, 2.45) is 5.92 Å². The van der Waals surface area contributed by atoms with E-state index in [4.69, 9.17) is 0 Å². The second kappa shape index (κ2) is 5.41. The molecular weight excluding hydrogens is 234 g/mol. The number of alkyl halides is 2. The average molecular weight is 260 g/mol. The maximum absolute atomic E-state index is 14.3. The molecule has 0 bridgehead atoms. The Balaban J connectivity index is 1.97. The summed E-state index contributed by atoms with van der Waals surface area (Å²) in [6.07, 6.45) is 2.75. The SMILES string of the molecule is CC1CCN(C2CCN(C(C)C)CC2(F)F)CC1. The topological polar surface area (TPSA) is 6.48 Å². The van der Waals surface area contributed by atoms with E-state index in [1.165, 1.54) is 0 Å². The molecule has 1 unspecified atom stereocenters. The molecular formula is C14H26F2N2. The van der Waals surface area contributed by atoms with Crippen molar-refractivity contribution in [1.29, 1.82) is 0 Å². The molecule has 4 heteroatoms. The quantitative estimate of drug-likeness (QED) is 0.753. The summed E-state index contributed by atoms with van der Waals surface area (Å²) >= 11 is 0. The lowest BCUT2D eigenvalue weighted by atomic mass is 9.92. The monoisotopic (exact) mass is 260 g/mol. The molecule has 0 aromatic carbocycles. The molecule has 2 nitrogen and oxygen atoms in total. The zero-order chi connectivity index (χ0) is 13.3. The van der Waals surface area contributed by atoms with Crippen LogP contribution in [-0.2, 0) is 0 Å². The van der Waals surface area contributed by atoms with Crippen molar-refractivity contribution in [3.63, 3.8) is 0 Å². The smallest absolute Gasteiger partial charge is 0.275 e. The summed E-state index contributed by atoms with van der Waals surface area (Å²) in [7, 11) is 0. The lowest BCUT2D eigenvalue weighted by Gasteiger charge is -2.46. The highest BCUT2D eigenvalue weighted by molar-refractivity contribution is 4.94. The standard InChI is InChI=1S/C14H26F2N2/c1-11(2)18-9-6-13(14(15,16)10-18)17-7-4-12(3)5-8-17/h11-13H,4-10H2,1-3H3. The molecule has 2 aliphatic heterocycles. The highest BCUT2D eigenvalue weighted by Crippen LogP contribution is 2.34. The van der Waals surface area contributed by atoms with Crippen molar-refractivity contribution in [2.75, 3.05) is 26.2 Å². The van der Waals surface area contributed by atoms with Crippen LogP contribution in [0.1, 0.15) is 40.0 Å². The van der Waals surface area contributed by atoms with Gasteiger partial charge in [-0.1, -0.05) is 6.92 Å². The first-order valence-corrected chi connectivity index (χ1v) is 7.26. The molecule has 0 aliphatic carbocycles. The van der Waals surface area contributed by atoms with Gasteiger partial charge in [0.2, 0.25) is 0 Å². The van der Waals surface area contributed by atoms with Gasteiger partial charge < -0.3 is 0 Å². The summed E-state index contributed by atoms with van der Waals surface area (Å²) in [6, 6.07) is -0.307. The number of rotatable bonds is 2. The Hall–Kier alpha value is -0.220. The summed E-state index contributed by atoms with van der Waals surface area (Å²) in [5, 5.41) is 0. The van der Waals surface area contributed by atoms with Gasteiger partial charge in [-0.3, -0.25) is 9.80 Å². The van der Waals surface area contributed by atoms with Gasteiger partial charge in [0.1, 0.15) is 0 Å². The molecule has 1 atom stereocenters. The van der Waals surface area contributed by atoms with Gasteiger partial charge >= 0.3 is 0 Å². The van der Waals surface area contributed by atoms with Gasteiger partial charge in [-0.05, 0) is 52.1 Å². The Bertz CT molecular complexity index is 273. The third-order valence-electron chi connectivity index (χ3n) is 4.58. The zero-order valence-corrected chi connectivity index (χ0v) is 11.8. The van der Waals surface area contributed by atoms with E-state index < -0.39 is 12.0 Å². The van der Waals surface area contributed by atoms with Crippen LogP contribution in [0, 0.1) is 5.92 Å². The van der Waals surface area contributed by atoms with Crippen molar-refractivity contribution in [3.8, 4) is 0 Å². The Labute approximate surface area is 109 Å². The molecule has 2 aliphatic rings. The third kappa shape index (κ3) is 3.02. The zero-order valence-electron chi connectivity index (χ0n) is 11.8. The van der Waals surface area contributed by atoms with Crippen LogP contribution in [0.5, 0.6) is 0 Å². The maximum Gasteiger partial charge on any atom is 0.275 e. The number of hydrogen-bond donors (Lipinski definition) is 0. The van der Waals surface area contributed by atoms with E-state index in [2.05, 4.69) is 6.92 Å². The number of hydrogen-bond acceptors (Lipinski definition) is 2. The molecule has 2 rings (SSSR count). The van der Waals surface area contributed by atoms with Gasteiger partial charge in [-0.2, -0.15) is 0 Å². The molecule has 2 saturated heterocycles. The minimum atomic E-state index is -2.55. The first-order chi connectivity index (χ1) is 8.40. The van der Waals surface area contributed by atoms with Crippen molar-refractivity contribution in [2.45, 2.75) is 58.0 Å². The van der Waals surface area contributed by atoms with Crippen molar-refractivity contribution < 1.29 is 8.78 Å². The first kappa shape index (κ1) is 14.2. The molecule has 0 saturated carbocycles. The fourth-order valence-corrected chi connectivity index (χ4v) is 3.19. The molecule has 18 heavy (non-hydrogen) atoms. The first-order valence-electron chi connectivity index (χ1n) is 7.26. The third-order valence-corrected chi connectivity index (χ3v) is 4.58. The number of halogens is 2. The highest BCUT2D eigenvalue weighted by Gasteiger charge is 2.47. The minimum Gasteiger partial charge on any atom is -0.295 e. The van der Waals surface area contributed by atoms with E-state index >= 15 is 0 Å². The maximum atomic E-state index is 14.3. The van der Waals surface area contributed by atoms with Crippen molar-refractivity contribution in [1.82, 2.24) is 9.80 Å². The number of nitrogens with zero attached hydrogens (tertiary/aromatic N) is 2. The minimum absolute atomic E-state index is 0.0681. The Morgan fingerprint density at radius 1 is 1.06 bits per heavy atom. The Kier molecular flexibility index (Phi) is 4.27. The van der Waals surface area contributed by atoms with Gasteiger partial charge in [-0.15, -0.1) is 0 Å². The van der Waals surface area contributed by atoms with Crippen LogP contribution in [0.3, 0.4) is 0 Å². The highest BCUT2D eigenvalue weighted by atomic mass is 19.3. The molecule has 2 heterocycles. The number of likely N-dealkylation sites (tertiary alicyclic amines) is 2. The summed E-state index contributed by atoms with van der Waals surface area (Å²) in [4.78, 5) is 3.95. The summed E-state index contributed by atoms with van der Waals surface area (Å²) < 4.78 is 28.6. The molecule has 0 aromatic rings. The van der Waals surface area contributed by atoms with Crippen LogP contribution >= 0.6 is 0 Å². The van der Waals surface area contributed by atoms with Gasteiger partial charge in [0.05, 0.1) is 12.6 Å². The largest absolute Gasteiger partial charge is 0.295 e. The summed E-state index contributed by atoms with van der Waals surface area (Å²) in [5.74, 6) is -1.85. The van der Waals surface area contributed by atoms with E-state index in [1.807, 2.05) is 23.6 Å². The van der Waals surface area contributed by atoms with E-state index in [1.54, 1.807) is 0 Å². The van der Waals surface area contributed by atoms with Crippen LogP contribution < -0.4 is 0 Å².